The lowest BCUT2D eigenvalue weighted by atomic mass is 9.91. The third kappa shape index (κ3) is 3.98. The first-order valence-electron chi connectivity index (χ1n) is 7.45. The zero-order valence-electron chi connectivity index (χ0n) is 12.4. The maximum Gasteiger partial charge on any atom is 0.416 e. The summed E-state index contributed by atoms with van der Waals surface area (Å²) in [6.45, 7) is 5.56. The van der Waals surface area contributed by atoms with Crippen molar-refractivity contribution in [3.8, 4) is 0 Å². The van der Waals surface area contributed by atoms with Crippen LogP contribution in [0.4, 0.5) is 13.2 Å². The zero-order valence-corrected chi connectivity index (χ0v) is 12.4. The van der Waals surface area contributed by atoms with Crippen LogP contribution in [-0.2, 0) is 10.9 Å². The third-order valence-electron chi connectivity index (χ3n) is 3.96. The van der Waals surface area contributed by atoms with Crippen LogP contribution in [-0.4, -0.2) is 19.3 Å². The van der Waals surface area contributed by atoms with E-state index in [-0.39, 0.29) is 12.1 Å². The minimum atomic E-state index is -4.31. The molecule has 1 aliphatic rings. The Bertz CT molecular complexity index is 461. The lowest BCUT2D eigenvalue weighted by Crippen LogP contribution is -2.35. The first-order valence-corrected chi connectivity index (χ1v) is 7.45. The molecule has 0 saturated carbocycles. The molecule has 5 heteroatoms. The number of rotatable bonds is 5. The number of benzene rings is 1. The van der Waals surface area contributed by atoms with Gasteiger partial charge in [0.15, 0.2) is 0 Å². The van der Waals surface area contributed by atoms with E-state index in [2.05, 4.69) is 12.2 Å². The average Bonchev–Trinajstić information content (AvgIpc) is 2.85. The Kier molecular flexibility index (Phi) is 5.27. The summed E-state index contributed by atoms with van der Waals surface area (Å²) in [6.07, 6.45) is -2.50. The number of ether oxygens (including phenoxy) is 1. The van der Waals surface area contributed by atoms with Gasteiger partial charge in [0.2, 0.25) is 0 Å². The van der Waals surface area contributed by atoms with Crippen molar-refractivity contribution in [3.63, 3.8) is 0 Å². The lowest BCUT2D eigenvalue weighted by Gasteiger charge is -2.28. The van der Waals surface area contributed by atoms with Crippen LogP contribution < -0.4 is 5.32 Å². The Morgan fingerprint density at radius 1 is 1.38 bits per heavy atom. The largest absolute Gasteiger partial charge is 0.416 e. The van der Waals surface area contributed by atoms with Crippen LogP contribution in [0.25, 0.3) is 0 Å². The predicted molar refractivity (Wildman–Crippen MR) is 76.0 cm³/mol. The maximum atomic E-state index is 12.9. The van der Waals surface area contributed by atoms with E-state index in [1.807, 2.05) is 6.92 Å². The third-order valence-corrected chi connectivity index (χ3v) is 3.96. The molecule has 3 atom stereocenters. The van der Waals surface area contributed by atoms with Crippen molar-refractivity contribution >= 4 is 0 Å². The molecule has 21 heavy (non-hydrogen) atoms. The highest BCUT2D eigenvalue weighted by atomic mass is 19.4. The van der Waals surface area contributed by atoms with Crippen LogP contribution in [0.5, 0.6) is 0 Å². The predicted octanol–water partition coefficient (Wildman–Crippen LogP) is 4.17. The van der Waals surface area contributed by atoms with Gasteiger partial charge in [-0.15, -0.1) is 0 Å². The van der Waals surface area contributed by atoms with Gasteiger partial charge in [-0.05, 0) is 43.0 Å². The Hall–Kier alpha value is -1.07. The molecule has 2 rings (SSSR count). The Balaban J connectivity index is 2.27. The Morgan fingerprint density at radius 2 is 2.14 bits per heavy atom. The van der Waals surface area contributed by atoms with Crippen molar-refractivity contribution in [1.82, 2.24) is 5.32 Å². The zero-order chi connectivity index (χ0) is 15.5. The summed E-state index contributed by atoms with van der Waals surface area (Å²) in [6, 6.07) is 5.38. The molecule has 118 valence electrons. The van der Waals surface area contributed by atoms with E-state index in [9.17, 15) is 13.2 Å². The summed E-state index contributed by atoms with van der Waals surface area (Å²) in [7, 11) is 0. The molecule has 0 aromatic heterocycles. The van der Waals surface area contributed by atoms with E-state index in [0.717, 1.165) is 25.5 Å². The van der Waals surface area contributed by atoms with Crippen molar-refractivity contribution < 1.29 is 17.9 Å². The van der Waals surface area contributed by atoms with E-state index >= 15 is 0 Å². The van der Waals surface area contributed by atoms with Crippen molar-refractivity contribution in [2.75, 3.05) is 13.2 Å². The Morgan fingerprint density at radius 3 is 2.71 bits per heavy atom. The second-order valence-corrected chi connectivity index (χ2v) is 5.66. The molecule has 0 amide bonds. The molecular weight excluding hydrogens is 279 g/mol. The molecule has 0 radical (unpaired) electrons. The molecule has 2 nitrogen and oxygen atoms in total. The van der Waals surface area contributed by atoms with Crippen molar-refractivity contribution in [1.29, 1.82) is 0 Å². The van der Waals surface area contributed by atoms with E-state index in [0.29, 0.717) is 18.1 Å². The van der Waals surface area contributed by atoms with Gasteiger partial charge in [0.1, 0.15) is 0 Å². The van der Waals surface area contributed by atoms with Crippen molar-refractivity contribution in [3.05, 3.63) is 35.4 Å². The molecule has 1 saturated heterocycles. The molecule has 0 aliphatic carbocycles. The highest BCUT2D eigenvalue weighted by molar-refractivity contribution is 5.29. The van der Waals surface area contributed by atoms with Gasteiger partial charge in [0.05, 0.1) is 17.7 Å². The summed E-state index contributed by atoms with van der Waals surface area (Å²) >= 11 is 0. The summed E-state index contributed by atoms with van der Waals surface area (Å²) in [5.41, 5.74) is 0.0472. The molecule has 1 fully saturated rings. The molecule has 1 N–H and O–H groups in total. The van der Waals surface area contributed by atoms with Gasteiger partial charge in [-0.3, -0.25) is 0 Å². The van der Waals surface area contributed by atoms with Gasteiger partial charge < -0.3 is 10.1 Å². The van der Waals surface area contributed by atoms with Gasteiger partial charge in [-0.1, -0.05) is 26.0 Å². The average molecular weight is 301 g/mol. The first kappa shape index (κ1) is 16.3. The second-order valence-electron chi connectivity index (χ2n) is 5.66. The van der Waals surface area contributed by atoms with Crippen LogP contribution in [0.2, 0.25) is 0 Å². The summed E-state index contributed by atoms with van der Waals surface area (Å²) in [4.78, 5) is 0. The standard InChI is InChI=1S/C16H22F3NO/c1-3-8-20-14(15-11(2)7-9-21-15)12-5-4-6-13(10-12)16(17,18)19/h4-6,10-11,14-15,20H,3,7-9H2,1-2H3. The normalized spacial score (nSPS) is 24.2. The summed E-state index contributed by atoms with van der Waals surface area (Å²) in [5, 5.41) is 3.34. The smallest absolute Gasteiger partial charge is 0.376 e. The first-order chi connectivity index (χ1) is 9.93. The second kappa shape index (κ2) is 6.79. The lowest BCUT2D eigenvalue weighted by molar-refractivity contribution is -0.137. The van der Waals surface area contributed by atoms with E-state index in [4.69, 9.17) is 4.74 Å². The maximum absolute atomic E-state index is 12.9. The molecule has 1 aromatic carbocycles. The SMILES string of the molecule is CCCNC(c1cccc(C(F)(F)F)c1)C1OCCC1C. The molecule has 0 spiro atoms. The molecule has 1 heterocycles. The van der Waals surface area contributed by atoms with Crippen LogP contribution in [0.3, 0.4) is 0 Å². The van der Waals surface area contributed by atoms with Gasteiger partial charge in [0.25, 0.3) is 0 Å². The number of alkyl halides is 3. The molecule has 0 bridgehead atoms. The Labute approximate surface area is 123 Å². The quantitative estimate of drug-likeness (QED) is 0.881. The fourth-order valence-electron chi connectivity index (χ4n) is 2.78. The van der Waals surface area contributed by atoms with Crippen LogP contribution in [0.1, 0.15) is 43.9 Å². The summed E-state index contributed by atoms with van der Waals surface area (Å²) in [5.74, 6) is 0.342. The monoisotopic (exact) mass is 301 g/mol. The van der Waals surface area contributed by atoms with Gasteiger partial charge in [0, 0.05) is 6.61 Å². The molecule has 1 aliphatic heterocycles. The highest BCUT2D eigenvalue weighted by Crippen LogP contribution is 2.35. The number of hydrogen-bond acceptors (Lipinski definition) is 2. The number of nitrogens with one attached hydrogen (secondary N) is 1. The van der Waals surface area contributed by atoms with E-state index < -0.39 is 11.7 Å². The fourth-order valence-corrected chi connectivity index (χ4v) is 2.78. The number of halogens is 3. The molecule has 3 unspecified atom stereocenters. The molecular formula is C16H22F3NO. The van der Waals surface area contributed by atoms with Crippen LogP contribution in [0.15, 0.2) is 24.3 Å². The van der Waals surface area contributed by atoms with Crippen LogP contribution in [0, 0.1) is 5.92 Å². The van der Waals surface area contributed by atoms with Gasteiger partial charge in [-0.2, -0.15) is 13.2 Å². The topological polar surface area (TPSA) is 21.3 Å². The van der Waals surface area contributed by atoms with Crippen molar-refractivity contribution in [2.45, 2.75) is 45.0 Å². The molecule has 1 aromatic rings. The van der Waals surface area contributed by atoms with Crippen molar-refractivity contribution in [2.24, 2.45) is 5.92 Å². The van der Waals surface area contributed by atoms with Crippen LogP contribution >= 0.6 is 0 Å². The van der Waals surface area contributed by atoms with E-state index in [1.165, 1.54) is 12.1 Å². The fraction of sp³-hybridized carbons (Fsp3) is 0.625. The number of hydrogen-bond donors (Lipinski definition) is 1. The highest BCUT2D eigenvalue weighted by Gasteiger charge is 2.35. The minimum absolute atomic E-state index is 0.0694. The minimum Gasteiger partial charge on any atom is -0.376 e. The van der Waals surface area contributed by atoms with Gasteiger partial charge in [-0.25, -0.2) is 0 Å². The van der Waals surface area contributed by atoms with E-state index in [1.54, 1.807) is 6.07 Å². The van der Waals surface area contributed by atoms with Gasteiger partial charge >= 0.3 is 6.18 Å². The summed E-state index contributed by atoms with van der Waals surface area (Å²) < 4.78 is 44.4.